The topological polar surface area (TPSA) is 58.9 Å². The summed E-state index contributed by atoms with van der Waals surface area (Å²) >= 11 is 0. The van der Waals surface area contributed by atoms with Gasteiger partial charge in [-0.3, -0.25) is 14.5 Å². The van der Waals surface area contributed by atoms with Crippen LogP contribution in [0.1, 0.15) is 18.2 Å². The second-order valence-corrected chi connectivity index (χ2v) is 7.21. The fraction of sp³-hybridized carbons (Fsp3) is 0.136. The summed E-state index contributed by atoms with van der Waals surface area (Å²) < 4.78 is 70.0. The zero-order chi connectivity index (χ0) is 22.6. The molecule has 0 unspecified atom stereocenters. The molecular weight excluding hydrogens is 429 g/mol. The van der Waals surface area contributed by atoms with Crippen LogP contribution in [0.25, 0.3) is 39.1 Å². The summed E-state index contributed by atoms with van der Waals surface area (Å²) in [4.78, 5) is 8.69. The fourth-order valence-electron chi connectivity index (χ4n) is 3.75. The maximum atomic E-state index is 15.3. The van der Waals surface area contributed by atoms with Crippen LogP contribution in [0.4, 0.5) is 22.0 Å². The Morgan fingerprint density at radius 1 is 1.06 bits per heavy atom. The van der Waals surface area contributed by atoms with Gasteiger partial charge in [0.1, 0.15) is 11.6 Å². The molecule has 0 radical (unpaired) electrons. The monoisotopic (exact) mass is 443 g/mol. The molecule has 0 bridgehead atoms. The Kier molecular flexibility index (Phi) is 4.47. The number of aromatic amines is 1. The molecular formula is C22H14F5N5. The third-order valence-electron chi connectivity index (χ3n) is 5.30. The summed E-state index contributed by atoms with van der Waals surface area (Å²) in [5.41, 5.74) is 1.13. The second kappa shape index (κ2) is 7.11. The van der Waals surface area contributed by atoms with Gasteiger partial charge >= 0.3 is 6.18 Å². The maximum absolute atomic E-state index is 15.3. The Morgan fingerprint density at radius 2 is 1.88 bits per heavy atom. The highest BCUT2D eigenvalue weighted by atomic mass is 19.4. The molecule has 0 aliphatic heterocycles. The quantitative estimate of drug-likeness (QED) is 0.359. The number of benzene rings is 2. The van der Waals surface area contributed by atoms with E-state index in [4.69, 9.17) is 0 Å². The van der Waals surface area contributed by atoms with Gasteiger partial charge < -0.3 is 0 Å². The van der Waals surface area contributed by atoms with Crippen molar-refractivity contribution in [3.05, 3.63) is 71.8 Å². The lowest BCUT2D eigenvalue weighted by molar-refractivity contribution is -0.139. The van der Waals surface area contributed by atoms with Crippen molar-refractivity contribution in [3.8, 4) is 22.5 Å². The zero-order valence-corrected chi connectivity index (χ0v) is 16.5. The molecule has 0 saturated carbocycles. The number of fused-ring (bicyclic) bond motifs is 2. The first-order valence-corrected chi connectivity index (χ1v) is 9.64. The number of aryl methyl sites for hydroxylation is 1. The van der Waals surface area contributed by atoms with Crippen molar-refractivity contribution in [1.82, 2.24) is 24.6 Å². The molecule has 3 heterocycles. The normalized spacial score (nSPS) is 12.2. The van der Waals surface area contributed by atoms with Crippen LogP contribution in [0.15, 0.2) is 48.9 Å². The molecule has 5 rings (SSSR count). The van der Waals surface area contributed by atoms with Crippen molar-refractivity contribution >= 4 is 16.6 Å². The van der Waals surface area contributed by atoms with Gasteiger partial charge in [-0.15, -0.1) is 0 Å². The predicted molar refractivity (Wildman–Crippen MR) is 108 cm³/mol. The van der Waals surface area contributed by atoms with Gasteiger partial charge in [-0.1, -0.05) is 6.92 Å². The highest BCUT2D eigenvalue weighted by Crippen LogP contribution is 2.35. The first-order chi connectivity index (χ1) is 15.3. The Morgan fingerprint density at radius 3 is 2.62 bits per heavy atom. The van der Waals surface area contributed by atoms with Crippen LogP contribution >= 0.6 is 0 Å². The highest BCUT2D eigenvalue weighted by molar-refractivity contribution is 5.85. The smallest absolute Gasteiger partial charge is 0.296 e. The molecule has 0 aliphatic carbocycles. The van der Waals surface area contributed by atoms with Crippen LogP contribution in [-0.4, -0.2) is 24.6 Å². The van der Waals surface area contributed by atoms with Crippen molar-refractivity contribution in [2.45, 2.75) is 19.5 Å². The van der Waals surface area contributed by atoms with E-state index >= 15 is 4.39 Å². The van der Waals surface area contributed by atoms with Gasteiger partial charge in [-0.05, 0) is 36.8 Å². The van der Waals surface area contributed by atoms with Crippen LogP contribution in [0.2, 0.25) is 0 Å². The molecule has 5 nitrogen and oxygen atoms in total. The van der Waals surface area contributed by atoms with Gasteiger partial charge in [0.25, 0.3) is 0 Å². The summed E-state index contributed by atoms with van der Waals surface area (Å²) in [5.74, 6) is -1.86. The zero-order valence-electron chi connectivity index (χ0n) is 16.5. The van der Waals surface area contributed by atoms with E-state index in [-0.39, 0.29) is 16.8 Å². The number of H-pyrrole nitrogens is 1. The van der Waals surface area contributed by atoms with Crippen LogP contribution in [0.3, 0.4) is 0 Å². The van der Waals surface area contributed by atoms with E-state index in [0.29, 0.717) is 40.4 Å². The van der Waals surface area contributed by atoms with Gasteiger partial charge in [0, 0.05) is 17.3 Å². The van der Waals surface area contributed by atoms with Crippen LogP contribution in [0, 0.1) is 11.6 Å². The molecule has 32 heavy (non-hydrogen) atoms. The van der Waals surface area contributed by atoms with E-state index < -0.39 is 23.4 Å². The number of nitrogens with zero attached hydrogens (tertiary/aromatic N) is 4. The number of halogens is 5. The van der Waals surface area contributed by atoms with Gasteiger partial charge in [0.2, 0.25) is 0 Å². The van der Waals surface area contributed by atoms with Gasteiger partial charge in [0.05, 0.1) is 45.9 Å². The van der Waals surface area contributed by atoms with Crippen molar-refractivity contribution in [2.24, 2.45) is 0 Å². The molecule has 3 aromatic heterocycles. The average molecular weight is 443 g/mol. The number of hydrogen-bond acceptors (Lipinski definition) is 3. The Bertz CT molecular complexity index is 1480. The van der Waals surface area contributed by atoms with E-state index in [1.54, 1.807) is 16.5 Å². The summed E-state index contributed by atoms with van der Waals surface area (Å²) in [7, 11) is 0. The number of imidazole rings is 1. The Labute approximate surface area is 177 Å². The summed E-state index contributed by atoms with van der Waals surface area (Å²) in [5, 5.41) is 6.87. The van der Waals surface area contributed by atoms with Gasteiger partial charge in [-0.25, -0.2) is 13.8 Å². The lowest BCUT2D eigenvalue weighted by atomic mass is 10.1. The molecule has 5 aromatic rings. The number of nitrogens with one attached hydrogen (secondary N) is 1. The van der Waals surface area contributed by atoms with Crippen molar-refractivity contribution in [3.63, 3.8) is 0 Å². The first-order valence-electron chi connectivity index (χ1n) is 9.64. The van der Waals surface area contributed by atoms with Crippen molar-refractivity contribution in [2.75, 3.05) is 0 Å². The predicted octanol–water partition coefficient (Wildman–Crippen LogP) is 5.80. The molecule has 1 N–H and O–H groups in total. The summed E-state index contributed by atoms with van der Waals surface area (Å²) in [6.07, 6.45) is -0.105. The second-order valence-electron chi connectivity index (χ2n) is 7.21. The summed E-state index contributed by atoms with van der Waals surface area (Å²) in [6.45, 7) is 1.86. The molecule has 0 spiro atoms. The minimum atomic E-state index is -4.84. The van der Waals surface area contributed by atoms with E-state index in [9.17, 15) is 17.6 Å². The number of rotatable bonds is 3. The molecule has 2 aromatic carbocycles. The van der Waals surface area contributed by atoms with E-state index in [1.165, 1.54) is 24.7 Å². The van der Waals surface area contributed by atoms with E-state index in [1.807, 2.05) is 6.92 Å². The number of alkyl halides is 3. The molecule has 0 amide bonds. The molecule has 0 saturated heterocycles. The van der Waals surface area contributed by atoms with Crippen molar-refractivity contribution in [1.29, 1.82) is 0 Å². The Hall–Kier alpha value is -3.82. The largest absolute Gasteiger partial charge is 0.419 e. The molecule has 10 heteroatoms. The van der Waals surface area contributed by atoms with Crippen LogP contribution in [-0.2, 0) is 12.6 Å². The lowest BCUT2D eigenvalue weighted by Gasteiger charge is -2.11. The van der Waals surface area contributed by atoms with E-state index in [0.717, 1.165) is 6.07 Å². The van der Waals surface area contributed by atoms with Crippen LogP contribution in [0.5, 0.6) is 0 Å². The van der Waals surface area contributed by atoms with Gasteiger partial charge in [0.15, 0.2) is 5.65 Å². The van der Waals surface area contributed by atoms with Crippen molar-refractivity contribution < 1.29 is 22.0 Å². The highest BCUT2D eigenvalue weighted by Gasteiger charge is 2.34. The number of aromatic nitrogens is 5. The van der Waals surface area contributed by atoms with Gasteiger partial charge in [-0.2, -0.15) is 18.3 Å². The SMILES string of the molecule is CCc1nc2cnc(-c3ccc(F)c(C(F)(F)F)c3)cn2c1-c1ccc2[nH]ncc2c1F. The average Bonchev–Trinajstić information content (AvgIpc) is 3.38. The molecule has 0 fully saturated rings. The molecule has 162 valence electrons. The molecule has 0 atom stereocenters. The lowest BCUT2D eigenvalue weighted by Crippen LogP contribution is -2.08. The third-order valence-corrected chi connectivity index (χ3v) is 5.30. The summed E-state index contributed by atoms with van der Waals surface area (Å²) in [6, 6.07) is 5.96. The molecule has 0 aliphatic rings. The van der Waals surface area contributed by atoms with E-state index in [2.05, 4.69) is 20.2 Å². The first kappa shape index (κ1) is 20.1. The Balaban J connectivity index is 1.74. The fourth-order valence-corrected chi connectivity index (χ4v) is 3.75. The number of hydrogen-bond donors (Lipinski definition) is 1. The maximum Gasteiger partial charge on any atom is 0.419 e. The van der Waals surface area contributed by atoms with Crippen LogP contribution < -0.4 is 0 Å². The third kappa shape index (κ3) is 3.10. The minimum absolute atomic E-state index is 0.0732. The minimum Gasteiger partial charge on any atom is -0.296 e. The standard InChI is InChI=1S/C22H14F5N5/c1-2-16-21(12-4-6-17-13(20(12)24)8-29-31-17)32-10-18(28-9-19(32)30-16)11-3-5-15(23)14(7-11)22(25,26)27/h3-10H,2H2,1H3,(H,29,31).